The Morgan fingerprint density at radius 1 is 1.25 bits per heavy atom. The highest BCUT2D eigenvalue weighted by atomic mass is 19.2. The molecule has 0 saturated carbocycles. The van der Waals surface area contributed by atoms with E-state index >= 15 is 0 Å². The first-order valence-electron chi connectivity index (χ1n) is 5.03. The van der Waals surface area contributed by atoms with Crippen LogP contribution in [-0.4, -0.2) is 12.5 Å². The lowest BCUT2D eigenvalue weighted by atomic mass is 9.97. The van der Waals surface area contributed by atoms with Crippen LogP contribution in [0.1, 0.15) is 31.1 Å². The van der Waals surface area contributed by atoms with Gasteiger partial charge in [0.2, 0.25) is 0 Å². The summed E-state index contributed by atoms with van der Waals surface area (Å²) in [6.45, 7) is 6.39. The Bertz CT molecular complexity index is 396. The van der Waals surface area contributed by atoms with E-state index in [1.165, 1.54) is 6.07 Å². The fourth-order valence-electron chi connectivity index (χ4n) is 1.08. The number of carbonyl (C=O) groups is 1. The Labute approximate surface area is 93.7 Å². The second kappa shape index (κ2) is 4.60. The van der Waals surface area contributed by atoms with Gasteiger partial charge in [-0.25, -0.2) is 8.78 Å². The van der Waals surface area contributed by atoms with E-state index in [0.29, 0.717) is 6.54 Å². The van der Waals surface area contributed by atoms with Gasteiger partial charge in [0.05, 0.1) is 0 Å². The number of nitrogens with one attached hydrogen (secondary N) is 1. The quantitative estimate of drug-likeness (QED) is 0.827. The number of halogens is 2. The Kier molecular flexibility index (Phi) is 3.62. The predicted octanol–water partition coefficient (Wildman–Crippen LogP) is 2.74. The van der Waals surface area contributed by atoms with E-state index in [9.17, 15) is 13.6 Å². The number of hydrogen-bond acceptors (Lipinski definition) is 1. The summed E-state index contributed by atoms with van der Waals surface area (Å²) in [5.41, 5.74) is 0.0805. The molecule has 0 aliphatic carbocycles. The molecule has 1 aromatic carbocycles. The van der Waals surface area contributed by atoms with Gasteiger partial charge in [-0.15, -0.1) is 0 Å². The van der Waals surface area contributed by atoms with Crippen molar-refractivity contribution in [1.29, 1.82) is 0 Å². The van der Waals surface area contributed by atoms with Crippen molar-refractivity contribution >= 4 is 5.91 Å². The lowest BCUT2D eigenvalue weighted by molar-refractivity contribution is 0.0938. The summed E-state index contributed by atoms with van der Waals surface area (Å²) < 4.78 is 25.5. The third-order valence-corrected chi connectivity index (χ3v) is 1.96. The highest BCUT2D eigenvalue weighted by molar-refractivity contribution is 5.94. The summed E-state index contributed by atoms with van der Waals surface area (Å²) >= 11 is 0. The highest BCUT2D eigenvalue weighted by Gasteiger charge is 2.14. The summed E-state index contributed by atoms with van der Waals surface area (Å²) in [6.07, 6.45) is 0. The second-order valence-corrected chi connectivity index (χ2v) is 4.87. The van der Waals surface area contributed by atoms with E-state index in [4.69, 9.17) is 0 Å². The van der Waals surface area contributed by atoms with E-state index in [1.807, 2.05) is 20.8 Å². The molecular weight excluding hydrogens is 212 g/mol. The monoisotopic (exact) mass is 227 g/mol. The minimum absolute atomic E-state index is 0.0474. The third kappa shape index (κ3) is 3.61. The molecule has 88 valence electrons. The van der Waals surface area contributed by atoms with Crippen molar-refractivity contribution in [3.05, 3.63) is 35.4 Å². The van der Waals surface area contributed by atoms with Gasteiger partial charge in [-0.3, -0.25) is 4.79 Å². The van der Waals surface area contributed by atoms with Crippen molar-refractivity contribution < 1.29 is 13.6 Å². The van der Waals surface area contributed by atoms with Crippen molar-refractivity contribution in [3.63, 3.8) is 0 Å². The van der Waals surface area contributed by atoms with Crippen LogP contribution >= 0.6 is 0 Å². The normalized spacial score (nSPS) is 11.3. The molecule has 0 unspecified atom stereocenters. The molecule has 0 heterocycles. The van der Waals surface area contributed by atoms with Gasteiger partial charge in [0.25, 0.3) is 5.91 Å². The minimum Gasteiger partial charge on any atom is -0.352 e. The van der Waals surface area contributed by atoms with Crippen LogP contribution in [0.15, 0.2) is 18.2 Å². The molecule has 0 aliphatic rings. The summed E-state index contributed by atoms with van der Waals surface area (Å²) in [5, 5.41) is 2.66. The lowest BCUT2D eigenvalue weighted by Gasteiger charge is -2.18. The molecule has 16 heavy (non-hydrogen) atoms. The molecule has 1 rings (SSSR count). The molecule has 0 aliphatic heterocycles. The first-order valence-corrected chi connectivity index (χ1v) is 5.03. The fourth-order valence-corrected chi connectivity index (χ4v) is 1.08. The second-order valence-electron chi connectivity index (χ2n) is 4.87. The fraction of sp³-hybridized carbons (Fsp3) is 0.417. The van der Waals surface area contributed by atoms with Gasteiger partial charge >= 0.3 is 0 Å². The highest BCUT2D eigenvalue weighted by Crippen LogP contribution is 2.12. The number of amides is 1. The Balaban J connectivity index is 2.70. The van der Waals surface area contributed by atoms with Crippen LogP contribution in [0.25, 0.3) is 0 Å². The topological polar surface area (TPSA) is 29.1 Å². The smallest absolute Gasteiger partial charge is 0.251 e. The lowest BCUT2D eigenvalue weighted by Crippen LogP contribution is -2.32. The Morgan fingerprint density at radius 2 is 1.88 bits per heavy atom. The maximum absolute atomic E-state index is 12.9. The summed E-state index contributed by atoms with van der Waals surface area (Å²) in [7, 11) is 0. The number of hydrogen-bond donors (Lipinski definition) is 1. The van der Waals surface area contributed by atoms with Gasteiger partial charge in [0.1, 0.15) is 0 Å². The van der Waals surface area contributed by atoms with Gasteiger partial charge in [-0.1, -0.05) is 20.8 Å². The van der Waals surface area contributed by atoms with Crippen LogP contribution < -0.4 is 5.32 Å². The number of carbonyl (C=O) groups excluding carboxylic acids is 1. The Morgan fingerprint density at radius 3 is 2.38 bits per heavy atom. The van der Waals surface area contributed by atoms with Crippen LogP contribution in [-0.2, 0) is 0 Å². The zero-order chi connectivity index (χ0) is 12.3. The zero-order valence-corrected chi connectivity index (χ0v) is 9.60. The molecule has 1 amide bonds. The molecule has 4 heteroatoms. The van der Waals surface area contributed by atoms with Crippen LogP contribution in [0.3, 0.4) is 0 Å². The average Bonchev–Trinajstić information content (AvgIpc) is 2.17. The van der Waals surface area contributed by atoms with E-state index in [-0.39, 0.29) is 11.0 Å². The van der Waals surface area contributed by atoms with Crippen molar-refractivity contribution in [2.24, 2.45) is 5.41 Å². The first kappa shape index (κ1) is 12.6. The predicted molar refractivity (Wildman–Crippen MR) is 58.1 cm³/mol. The van der Waals surface area contributed by atoms with E-state index < -0.39 is 17.5 Å². The molecular formula is C12H15F2NO. The van der Waals surface area contributed by atoms with Crippen molar-refractivity contribution in [3.8, 4) is 0 Å². The van der Waals surface area contributed by atoms with Gasteiger partial charge in [0, 0.05) is 12.1 Å². The average molecular weight is 227 g/mol. The van der Waals surface area contributed by atoms with Gasteiger partial charge < -0.3 is 5.32 Å². The van der Waals surface area contributed by atoms with Gasteiger partial charge in [-0.05, 0) is 23.6 Å². The summed E-state index contributed by atoms with van der Waals surface area (Å²) in [6, 6.07) is 3.10. The molecule has 0 saturated heterocycles. The van der Waals surface area contributed by atoms with Crippen LogP contribution in [0.4, 0.5) is 8.78 Å². The van der Waals surface area contributed by atoms with E-state index in [0.717, 1.165) is 12.1 Å². The van der Waals surface area contributed by atoms with Crippen LogP contribution in [0.5, 0.6) is 0 Å². The number of rotatable bonds is 2. The molecule has 0 fully saturated rings. The van der Waals surface area contributed by atoms with Crippen molar-refractivity contribution in [2.75, 3.05) is 6.54 Å². The largest absolute Gasteiger partial charge is 0.352 e. The van der Waals surface area contributed by atoms with Crippen LogP contribution in [0, 0.1) is 17.0 Å². The molecule has 0 aromatic heterocycles. The first-order chi connectivity index (χ1) is 7.29. The molecule has 0 radical (unpaired) electrons. The molecule has 0 atom stereocenters. The maximum atomic E-state index is 12.9. The number of benzene rings is 1. The maximum Gasteiger partial charge on any atom is 0.251 e. The third-order valence-electron chi connectivity index (χ3n) is 1.96. The summed E-state index contributed by atoms with van der Waals surface area (Å²) in [5.74, 6) is -2.36. The van der Waals surface area contributed by atoms with Gasteiger partial charge in [0.15, 0.2) is 11.6 Å². The standard InChI is InChI=1S/C12H15F2NO/c1-12(2,3)7-15-11(16)8-4-5-9(13)10(14)6-8/h4-6H,7H2,1-3H3,(H,15,16). The molecule has 0 spiro atoms. The molecule has 2 nitrogen and oxygen atoms in total. The van der Waals surface area contributed by atoms with Crippen molar-refractivity contribution in [2.45, 2.75) is 20.8 Å². The minimum atomic E-state index is -1.01. The molecule has 1 aromatic rings. The molecule has 1 N–H and O–H groups in total. The van der Waals surface area contributed by atoms with Crippen LogP contribution in [0.2, 0.25) is 0 Å². The Hall–Kier alpha value is -1.45. The van der Waals surface area contributed by atoms with E-state index in [1.54, 1.807) is 0 Å². The SMILES string of the molecule is CC(C)(C)CNC(=O)c1ccc(F)c(F)c1. The zero-order valence-electron chi connectivity index (χ0n) is 9.60. The van der Waals surface area contributed by atoms with Gasteiger partial charge in [-0.2, -0.15) is 0 Å². The van der Waals surface area contributed by atoms with E-state index in [2.05, 4.69) is 5.32 Å². The van der Waals surface area contributed by atoms with Crippen molar-refractivity contribution in [1.82, 2.24) is 5.32 Å². The summed E-state index contributed by atoms with van der Waals surface area (Å²) in [4.78, 5) is 11.6. The molecule has 0 bridgehead atoms.